The smallest absolute Gasteiger partial charge is 0.141 e. The van der Waals surface area contributed by atoms with Crippen LogP contribution in [0.4, 0.5) is 0 Å². The summed E-state index contributed by atoms with van der Waals surface area (Å²) in [4.78, 5) is 0. The van der Waals surface area contributed by atoms with Gasteiger partial charge in [-0.25, -0.2) is 0 Å². The maximum atomic E-state index is 8.18. The number of hydrogen-bond acceptors (Lipinski definition) is 3. The molecule has 0 aromatic rings. The van der Waals surface area contributed by atoms with E-state index in [2.05, 4.69) is 5.16 Å². The highest BCUT2D eigenvalue weighted by atomic mass is 16.5. The van der Waals surface area contributed by atoms with E-state index in [1.807, 2.05) is 0 Å². The molecule has 0 unspecified atom stereocenters. The molecule has 1 aliphatic rings. The van der Waals surface area contributed by atoms with Gasteiger partial charge in [-0.3, -0.25) is 0 Å². The molecular weight excluding hydrogens is 144 g/mol. The molecule has 1 saturated carbocycles. The summed E-state index contributed by atoms with van der Waals surface area (Å²) in [6.07, 6.45) is 4.55. The van der Waals surface area contributed by atoms with E-state index in [9.17, 15) is 0 Å². The van der Waals surface area contributed by atoms with E-state index in [-0.39, 0.29) is 5.84 Å². The van der Waals surface area contributed by atoms with Crippen molar-refractivity contribution in [2.75, 3.05) is 6.61 Å². The lowest BCUT2D eigenvalue weighted by Crippen LogP contribution is -2.24. The normalized spacial score (nSPS) is 19.8. The molecule has 0 saturated heterocycles. The van der Waals surface area contributed by atoms with E-state index in [4.69, 9.17) is 15.7 Å². The zero-order chi connectivity index (χ0) is 8.10. The van der Waals surface area contributed by atoms with E-state index >= 15 is 0 Å². The molecule has 3 N–H and O–H groups in total. The first-order valence-electron chi connectivity index (χ1n) is 3.91. The van der Waals surface area contributed by atoms with Gasteiger partial charge in [0.25, 0.3) is 0 Å². The lowest BCUT2D eigenvalue weighted by Gasteiger charge is -2.25. The molecule has 11 heavy (non-hydrogen) atoms. The molecule has 0 heterocycles. The maximum Gasteiger partial charge on any atom is 0.141 e. The predicted molar refractivity (Wildman–Crippen MR) is 41.6 cm³/mol. The van der Waals surface area contributed by atoms with Gasteiger partial charge in [0.05, 0.1) is 12.7 Å². The Kier molecular flexibility index (Phi) is 3.16. The predicted octanol–water partition coefficient (Wildman–Crippen LogP) is 0.692. The SMILES string of the molecule is N/C(CCOC1CCC1)=N\O. The summed E-state index contributed by atoms with van der Waals surface area (Å²) in [7, 11) is 0. The minimum atomic E-state index is 0.240. The zero-order valence-electron chi connectivity index (χ0n) is 6.49. The van der Waals surface area contributed by atoms with Gasteiger partial charge in [0.15, 0.2) is 0 Å². The lowest BCUT2D eigenvalue weighted by molar-refractivity contribution is 0.00602. The Morgan fingerprint density at radius 1 is 1.64 bits per heavy atom. The second-order valence-corrected chi connectivity index (χ2v) is 2.77. The molecule has 4 heteroatoms. The van der Waals surface area contributed by atoms with Gasteiger partial charge < -0.3 is 15.7 Å². The van der Waals surface area contributed by atoms with Crippen LogP contribution in [0.5, 0.6) is 0 Å². The Bertz CT molecular complexity index is 143. The third kappa shape index (κ3) is 2.76. The van der Waals surface area contributed by atoms with Gasteiger partial charge in [-0.2, -0.15) is 0 Å². The Balaban J connectivity index is 1.95. The summed E-state index contributed by atoms with van der Waals surface area (Å²) in [6.45, 7) is 0.570. The number of nitrogens with zero attached hydrogens (tertiary/aromatic N) is 1. The highest BCUT2D eigenvalue weighted by Crippen LogP contribution is 2.21. The molecule has 0 bridgehead atoms. The molecule has 0 amide bonds. The summed E-state index contributed by atoms with van der Waals surface area (Å²) in [5, 5.41) is 11.0. The molecule has 0 atom stereocenters. The van der Waals surface area contributed by atoms with Crippen LogP contribution in [0.1, 0.15) is 25.7 Å². The molecular formula is C7H14N2O2. The van der Waals surface area contributed by atoms with Crippen molar-refractivity contribution in [3.05, 3.63) is 0 Å². The Labute approximate surface area is 66.0 Å². The molecule has 1 fully saturated rings. The zero-order valence-corrected chi connectivity index (χ0v) is 6.49. The quantitative estimate of drug-likeness (QED) is 0.274. The Hall–Kier alpha value is -0.770. The molecule has 0 aliphatic heterocycles. The summed E-state index contributed by atoms with van der Waals surface area (Å²) in [5.74, 6) is 0.240. The minimum Gasteiger partial charge on any atom is -0.409 e. The van der Waals surface area contributed by atoms with Crippen LogP contribution in [0.2, 0.25) is 0 Å². The fourth-order valence-corrected chi connectivity index (χ4v) is 0.918. The number of amidine groups is 1. The molecule has 0 radical (unpaired) electrons. The summed E-state index contributed by atoms with van der Waals surface area (Å²) < 4.78 is 5.38. The number of rotatable bonds is 4. The van der Waals surface area contributed by atoms with Crippen LogP contribution in [0.15, 0.2) is 5.16 Å². The van der Waals surface area contributed by atoms with Crippen molar-refractivity contribution in [1.82, 2.24) is 0 Å². The number of oxime groups is 1. The van der Waals surface area contributed by atoms with Crippen LogP contribution < -0.4 is 5.73 Å². The first-order chi connectivity index (χ1) is 5.33. The topological polar surface area (TPSA) is 67.8 Å². The summed E-state index contributed by atoms with van der Waals surface area (Å²) >= 11 is 0. The standard InChI is InChI=1S/C7H14N2O2/c8-7(9-10)4-5-11-6-2-1-3-6/h6,10H,1-5H2,(H2,8,9). The van der Waals surface area contributed by atoms with E-state index < -0.39 is 0 Å². The van der Waals surface area contributed by atoms with Crippen molar-refractivity contribution in [2.45, 2.75) is 31.8 Å². The fourth-order valence-electron chi connectivity index (χ4n) is 0.918. The first-order valence-corrected chi connectivity index (χ1v) is 3.91. The second kappa shape index (κ2) is 4.18. The van der Waals surface area contributed by atoms with Crippen LogP contribution >= 0.6 is 0 Å². The van der Waals surface area contributed by atoms with Gasteiger partial charge >= 0.3 is 0 Å². The van der Waals surface area contributed by atoms with Crippen molar-refractivity contribution < 1.29 is 9.94 Å². The molecule has 0 aromatic heterocycles. The van der Waals surface area contributed by atoms with Gasteiger partial charge in [0, 0.05) is 6.42 Å². The monoisotopic (exact) mass is 158 g/mol. The van der Waals surface area contributed by atoms with Crippen molar-refractivity contribution >= 4 is 5.84 Å². The van der Waals surface area contributed by atoms with Crippen molar-refractivity contribution in [3.8, 4) is 0 Å². The van der Waals surface area contributed by atoms with Crippen LogP contribution in [0, 0.1) is 0 Å². The highest BCUT2D eigenvalue weighted by Gasteiger charge is 2.17. The van der Waals surface area contributed by atoms with Crippen LogP contribution in [-0.4, -0.2) is 23.8 Å². The first kappa shape index (κ1) is 8.33. The third-order valence-electron chi connectivity index (χ3n) is 1.89. The highest BCUT2D eigenvalue weighted by molar-refractivity contribution is 5.79. The molecule has 4 nitrogen and oxygen atoms in total. The number of nitrogens with two attached hydrogens (primary N) is 1. The summed E-state index contributed by atoms with van der Waals surface area (Å²) in [6, 6.07) is 0. The minimum absolute atomic E-state index is 0.240. The molecule has 0 spiro atoms. The van der Waals surface area contributed by atoms with Gasteiger partial charge in [0.2, 0.25) is 0 Å². The average Bonchev–Trinajstić information content (AvgIpc) is 1.94. The molecule has 64 valence electrons. The largest absolute Gasteiger partial charge is 0.409 e. The van der Waals surface area contributed by atoms with Gasteiger partial charge in [-0.1, -0.05) is 5.16 Å². The van der Waals surface area contributed by atoms with Gasteiger partial charge in [-0.15, -0.1) is 0 Å². The average molecular weight is 158 g/mol. The van der Waals surface area contributed by atoms with Crippen LogP contribution in [0.25, 0.3) is 0 Å². The lowest BCUT2D eigenvalue weighted by atomic mass is 9.96. The van der Waals surface area contributed by atoms with Crippen molar-refractivity contribution in [2.24, 2.45) is 10.9 Å². The van der Waals surface area contributed by atoms with Crippen molar-refractivity contribution in [3.63, 3.8) is 0 Å². The van der Waals surface area contributed by atoms with Gasteiger partial charge in [0.1, 0.15) is 5.84 Å². The van der Waals surface area contributed by atoms with Crippen molar-refractivity contribution in [1.29, 1.82) is 0 Å². The van der Waals surface area contributed by atoms with E-state index in [0.717, 1.165) is 12.8 Å². The van der Waals surface area contributed by atoms with Gasteiger partial charge in [-0.05, 0) is 19.3 Å². The number of ether oxygens (including phenoxy) is 1. The fraction of sp³-hybridized carbons (Fsp3) is 0.857. The Morgan fingerprint density at radius 2 is 2.36 bits per heavy atom. The third-order valence-corrected chi connectivity index (χ3v) is 1.89. The molecule has 0 aromatic carbocycles. The van der Waals surface area contributed by atoms with E-state index in [1.54, 1.807) is 0 Å². The Morgan fingerprint density at radius 3 is 2.82 bits per heavy atom. The van der Waals surface area contributed by atoms with E-state index in [1.165, 1.54) is 6.42 Å². The van der Waals surface area contributed by atoms with E-state index in [0.29, 0.717) is 19.1 Å². The molecule has 1 rings (SSSR count). The number of hydrogen-bond donors (Lipinski definition) is 2. The molecule has 1 aliphatic carbocycles. The maximum absolute atomic E-state index is 8.18. The second-order valence-electron chi connectivity index (χ2n) is 2.77. The van der Waals surface area contributed by atoms with Crippen LogP contribution in [0.3, 0.4) is 0 Å². The summed E-state index contributed by atoms with van der Waals surface area (Å²) in [5.41, 5.74) is 5.24. The van der Waals surface area contributed by atoms with Crippen LogP contribution in [-0.2, 0) is 4.74 Å².